The summed E-state index contributed by atoms with van der Waals surface area (Å²) in [6.45, 7) is 0.512. The number of para-hydroxylation sites is 1. The van der Waals surface area contributed by atoms with E-state index in [0.717, 1.165) is 5.69 Å². The summed E-state index contributed by atoms with van der Waals surface area (Å²) in [6, 6.07) is 6.46. The number of H-pyrrole nitrogens is 1. The minimum atomic E-state index is -0.545. The van der Waals surface area contributed by atoms with Crippen molar-refractivity contribution in [3.63, 3.8) is 0 Å². The number of benzene rings is 1. The molecule has 0 aliphatic carbocycles. The van der Waals surface area contributed by atoms with Crippen LogP contribution in [0.4, 0.5) is 11.4 Å². The molecule has 7 nitrogen and oxygen atoms in total. The highest BCUT2D eigenvalue weighted by Crippen LogP contribution is 2.27. The summed E-state index contributed by atoms with van der Waals surface area (Å²) in [5.41, 5.74) is 1.15. The van der Waals surface area contributed by atoms with E-state index in [-0.39, 0.29) is 11.3 Å². The van der Waals surface area contributed by atoms with Gasteiger partial charge < -0.3 is 10.3 Å². The molecule has 0 amide bonds. The highest BCUT2D eigenvalue weighted by Gasteiger charge is 2.18. The summed E-state index contributed by atoms with van der Waals surface area (Å²) in [6.07, 6.45) is 3.93. The van der Waals surface area contributed by atoms with Crippen molar-refractivity contribution in [1.29, 1.82) is 5.26 Å². The van der Waals surface area contributed by atoms with Crippen LogP contribution in [-0.4, -0.2) is 21.4 Å². The van der Waals surface area contributed by atoms with E-state index < -0.39 is 4.92 Å². The molecule has 0 aliphatic rings. The standard InChI is InChI=1S/C12H11N5O2/c13-6-9-2-1-3-11(12(9)17(18)19)15-5-4-10-7-14-8-16-10/h1-3,7-8,15H,4-5H2,(H,14,16). The lowest BCUT2D eigenvalue weighted by Gasteiger charge is -2.06. The highest BCUT2D eigenvalue weighted by atomic mass is 16.6. The first kappa shape index (κ1) is 12.6. The Kier molecular flexibility index (Phi) is 3.73. The molecule has 0 atom stereocenters. The zero-order valence-electron chi connectivity index (χ0n) is 9.96. The molecule has 7 heteroatoms. The van der Waals surface area contributed by atoms with Crippen molar-refractivity contribution in [2.75, 3.05) is 11.9 Å². The molecule has 0 saturated carbocycles. The van der Waals surface area contributed by atoms with Gasteiger partial charge in [-0.25, -0.2) is 4.98 Å². The topological polar surface area (TPSA) is 108 Å². The number of hydrogen-bond acceptors (Lipinski definition) is 5. The third-order valence-corrected chi connectivity index (χ3v) is 2.60. The van der Waals surface area contributed by atoms with Gasteiger partial charge in [0.25, 0.3) is 0 Å². The van der Waals surface area contributed by atoms with Crippen molar-refractivity contribution >= 4 is 11.4 Å². The average molecular weight is 257 g/mol. The molecule has 0 spiro atoms. The highest BCUT2D eigenvalue weighted by molar-refractivity contribution is 5.68. The number of nitriles is 1. The maximum absolute atomic E-state index is 11.0. The van der Waals surface area contributed by atoms with Gasteiger partial charge >= 0.3 is 5.69 Å². The normalized spacial score (nSPS) is 9.84. The molecule has 96 valence electrons. The SMILES string of the molecule is N#Cc1cccc(NCCc2cnc[nH]2)c1[N+](=O)[O-]. The Labute approximate surface area is 109 Å². The quantitative estimate of drug-likeness (QED) is 0.627. The number of nitro benzene ring substituents is 1. The number of hydrogen-bond donors (Lipinski definition) is 2. The fourth-order valence-corrected chi connectivity index (χ4v) is 1.73. The third-order valence-electron chi connectivity index (χ3n) is 2.60. The summed E-state index contributed by atoms with van der Waals surface area (Å²) in [5, 5.41) is 22.8. The van der Waals surface area contributed by atoms with Gasteiger partial charge in [-0.3, -0.25) is 10.1 Å². The molecule has 0 bridgehead atoms. The van der Waals surface area contributed by atoms with Gasteiger partial charge in [-0.05, 0) is 12.1 Å². The zero-order chi connectivity index (χ0) is 13.7. The van der Waals surface area contributed by atoms with Crippen LogP contribution in [0, 0.1) is 21.4 Å². The van der Waals surface area contributed by atoms with E-state index in [9.17, 15) is 10.1 Å². The molecule has 0 fully saturated rings. The van der Waals surface area contributed by atoms with E-state index in [4.69, 9.17) is 5.26 Å². The maximum Gasteiger partial charge on any atom is 0.309 e. The Morgan fingerprint density at radius 1 is 1.53 bits per heavy atom. The van der Waals surface area contributed by atoms with E-state index >= 15 is 0 Å². The first-order valence-corrected chi connectivity index (χ1v) is 5.61. The second-order valence-corrected chi connectivity index (χ2v) is 3.82. The Balaban J connectivity index is 2.12. The largest absolute Gasteiger partial charge is 0.379 e. The van der Waals surface area contributed by atoms with Crippen molar-refractivity contribution < 1.29 is 4.92 Å². The number of nitrogens with one attached hydrogen (secondary N) is 2. The number of rotatable bonds is 5. The fraction of sp³-hybridized carbons (Fsp3) is 0.167. The van der Waals surface area contributed by atoms with Crippen molar-refractivity contribution in [2.24, 2.45) is 0 Å². The number of aromatic nitrogens is 2. The molecule has 19 heavy (non-hydrogen) atoms. The van der Waals surface area contributed by atoms with Crippen LogP contribution in [0.5, 0.6) is 0 Å². The number of nitro groups is 1. The molecule has 1 aromatic carbocycles. The molecule has 1 heterocycles. The van der Waals surface area contributed by atoms with Gasteiger partial charge in [-0.2, -0.15) is 5.26 Å². The minimum absolute atomic E-state index is 0.0524. The van der Waals surface area contributed by atoms with E-state index in [1.54, 1.807) is 24.7 Å². The van der Waals surface area contributed by atoms with Crippen molar-refractivity contribution in [3.8, 4) is 6.07 Å². The van der Waals surface area contributed by atoms with Crippen LogP contribution in [0.25, 0.3) is 0 Å². The monoisotopic (exact) mass is 257 g/mol. The summed E-state index contributed by atoms with van der Waals surface area (Å²) in [5.74, 6) is 0. The Morgan fingerprint density at radius 3 is 3.00 bits per heavy atom. The van der Waals surface area contributed by atoms with Crippen LogP contribution in [-0.2, 0) is 6.42 Å². The second-order valence-electron chi connectivity index (χ2n) is 3.82. The predicted octanol–water partition coefficient (Wildman–Crippen LogP) is 1.84. The number of aromatic amines is 1. The summed E-state index contributed by atoms with van der Waals surface area (Å²) < 4.78 is 0. The van der Waals surface area contributed by atoms with Crippen LogP contribution in [0.3, 0.4) is 0 Å². The molecule has 0 saturated heterocycles. The first-order valence-electron chi connectivity index (χ1n) is 5.61. The molecule has 0 unspecified atom stereocenters. The number of anilines is 1. The van der Waals surface area contributed by atoms with Gasteiger partial charge in [0.2, 0.25) is 0 Å². The minimum Gasteiger partial charge on any atom is -0.379 e. The third kappa shape index (κ3) is 2.87. The van der Waals surface area contributed by atoms with E-state index in [1.165, 1.54) is 6.07 Å². The van der Waals surface area contributed by atoms with Gasteiger partial charge in [0.15, 0.2) is 0 Å². The zero-order valence-corrected chi connectivity index (χ0v) is 9.96. The van der Waals surface area contributed by atoms with Crippen LogP contribution in [0.1, 0.15) is 11.3 Å². The molecule has 1 aromatic heterocycles. The van der Waals surface area contributed by atoms with Gasteiger partial charge in [0.1, 0.15) is 17.3 Å². The molecule has 0 aliphatic heterocycles. The summed E-state index contributed by atoms with van der Waals surface area (Å²) >= 11 is 0. The van der Waals surface area contributed by atoms with Gasteiger partial charge in [-0.15, -0.1) is 0 Å². The maximum atomic E-state index is 11.0. The molecular weight excluding hydrogens is 246 g/mol. The van der Waals surface area contributed by atoms with Gasteiger partial charge in [0.05, 0.1) is 11.3 Å². The lowest BCUT2D eigenvalue weighted by atomic mass is 10.1. The predicted molar refractivity (Wildman–Crippen MR) is 68.6 cm³/mol. The molecular formula is C12H11N5O2. The van der Waals surface area contributed by atoms with Gasteiger partial charge in [-0.1, -0.05) is 6.07 Å². The summed E-state index contributed by atoms with van der Waals surface area (Å²) in [7, 11) is 0. The van der Waals surface area contributed by atoms with Crippen LogP contribution >= 0.6 is 0 Å². The van der Waals surface area contributed by atoms with Crippen molar-refractivity contribution in [3.05, 3.63) is 52.1 Å². The molecule has 2 N–H and O–H groups in total. The number of imidazole rings is 1. The lowest BCUT2D eigenvalue weighted by molar-refractivity contribution is -0.384. The van der Waals surface area contributed by atoms with Crippen molar-refractivity contribution in [2.45, 2.75) is 6.42 Å². The Bertz CT molecular complexity index is 616. The van der Waals surface area contributed by atoms with E-state index in [2.05, 4.69) is 15.3 Å². The van der Waals surface area contributed by atoms with E-state index in [0.29, 0.717) is 18.7 Å². The smallest absolute Gasteiger partial charge is 0.309 e. The second kappa shape index (κ2) is 5.64. The summed E-state index contributed by atoms with van der Waals surface area (Å²) in [4.78, 5) is 17.3. The van der Waals surface area contributed by atoms with Crippen molar-refractivity contribution in [1.82, 2.24) is 9.97 Å². The lowest BCUT2D eigenvalue weighted by Crippen LogP contribution is -2.07. The molecule has 2 aromatic rings. The Hall–Kier alpha value is -2.88. The number of nitrogens with zero attached hydrogens (tertiary/aromatic N) is 3. The van der Waals surface area contributed by atoms with Crippen LogP contribution < -0.4 is 5.32 Å². The van der Waals surface area contributed by atoms with E-state index in [1.807, 2.05) is 6.07 Å². The van der Waals surface area contributed by atoms with Crippen LogP contribution in [0.15, 0.2) is 30.7 Å². The first-order chi connectivity index (χ1) is 9.22. The van der Waals surface area contributed by atoms with Gasteiger partial charge in [0, 0.05) is 24.9 Å². The molecule has 2 rings (SSSR count). The average Bonchev–Trinajstić information content (AvgIpc) is 2.91. The van der Waals surface area contributed by atoms with Crippen LogP contribution in [0.2, 0.25) is 0 Å². The Morgan fingerprint density at radius 2 is 2.37 bits per heavy atom. The fourth-order valence-electron chi connectivity index (χ4n) is 1.73. The molecule has 0 radical (unpaired) electrons.